The Morgan fingerprint density at radius 3 is 2.44 bits per heavy atom. The van der Waals surface area contributed by atoms with Gasteiger partial charge in [-0.2, -0.15) is 0 Å². The Kier molecular flexibility index (Phi) is 6.11. The molecule has 0 aliphatic rings. The molecule has 2 aromatic carbocycles. The zero-order valence-corrected chi connectivity index (χ0v) is 14.3. The Labute approximate surface area is 145 Å². The van der Waals surface area contributed by atoms with Gasteiger partial charge in [0.25, 0.3) is 5.91 Å². The summed E-state index contributed by atoms with van der Waals surface area (Å²) in [6.07, 6.45) is -0.314. The van der Waals surface area contributed by atoms with Crippen LogP contribution in [0, 0.1) is 12.7 Å². The van der Waals surface area contributed by atoms with E-state index in [0.29, 0.717) is 29.0 Å². The molecule has 0 aliphatic carbocycles. The number of hydrogen-bond acceptors (Lipinski definition) is 4. The predicted molar refractivity (Wildman–Crippen MR) is 92.3 cm³/mol. The number of hydrogen-bond donors (Lipinski definition) is 1. The highest BCUT2D eigenvalue weighted by Crippen LogP contribution is 2.21. The van der Waals surface area contributed by atoms with E-state index in [-0.39, 0.29) is 11.7 Å². The van der Waals surface area contributed by atoms with E-state index in [9.17, 15) is 14.0 Å². The highest BCUT2D eigenvalue weighted by Gasteiger charge is 2.20. The van der Waals surface area contributed by atoms with E-state index in [2.05, 4.69) is 5.32 Å². The summed E-state index contributed by atoms with van der Waals surface area (Å²) in [6, 6.07) is 10.5. The number of carbonyl (C=O) groups excluding carboxylic acids is 2. The number of rotatable bonds is 6. The van der Waals surface area contributed by atoms with Crippen molar-refractivity contribution in [2.24, 2.45) is 0 Å². The van der Waals surface area contributed by atoms with Gasteiger partial charge in [-0.05, 0) is 55.3 Å². The van der Waals surface area contributed by atoms with Crippen molar-refractivity contribution in [2.75, 3.05) is 12.4 Å². The first kappa shape index (κ1) is 18.4. The first-order chi connectivity index (χ1) is 12.0. The largest absolute Gasteiger partial charge is 0.481 e. The van der Waals surface area contributed by atoms with Gasteiger partial charge < -0.3 is 14.8 Å². The summed E-state index contributed by atoms with van der Waals surface area (Å²) in [5.74, 6) is -0.788. The third-order valence-corrected chi connectivity index (χ3v) is 3.75. The topological polar surface area (TPSA) is 64.6 Å². The molecule has 0 aromatic heterocycles. The van der Waals surface area contributed by atoms with Crippen molar-refractivity contribution in [1.82, 2.24) is 0 Å². The molecule has 132 valence electrons. The molecular weight excluding hydrogens is 325 g/mol. The monoisotopic (exact) mass is 345 g/mol. The van der Waals surface area contributed by atoms with E-state index in [1.165, 1.54) is 31.4 Å². The zero-order chi connectivity index (χ0) is 18.4. The summed E-state index contributed by atoms with van der Waals surface area (Å²) < 4.78 is 23.3. The van der Waals surface area contributed by atoms with E-state index < -0.39 is 12.1 Å². The molecule has 25 heavy (non-hydrogen) atoms. The van der Waals surface area contributed by atoms with Crippen LogP contribution in [-0.4, -0.2) is 25.1 Å². The van der Waals surface area contributed by atoms with Gasteiger partial charge in [-0.1, -0.05) is 13.0 Å². The van der Waals surface area contributed by atoms with Crippen LogP contribution in [0.5, 0.6) is 5.75 Å². The summed E-state index contributed by atoms with van der Waals surface area (Å²) in [6.45, 7) is 3.54. The minimum Gasteiger partial charge on any atom is -0.481 e. The summed E-state index contributed by atoms with van der Waals surface area (Å²) in [5.41, 5.74) is 1.50. The minimum absolute atomic E-state index is 0.350. The Hall–Kier alpha value is -2.89. The van der Waals surface area contributed by atoms with Crippen LogP contribution in [0.4, 0.5) is 10.1 Å². The van der Waals surface area contributed by atoms with Crippen molar-refractivity contribution in [3.05, 3.63) is 59.4 Å². The van der Waals surface area contributed by atoms with E-state index in [0.717, 1.165) is 0 Å². The van der Waals surface area contributed by atoms with E-state index in [4.69, 9.17) is 9.47 Å². The highest BCUT2D eigenvalue weighted by atomic mass is 19.1. The van der Waals surface area contributed by atoms with Crippen LogP contribution in [0.2, 0.25) is 0 Å². The number of amides is 1. The van der Waals surface area contributed by atoms with Crippen molar-refractivity contribution >= 4 is 17.6 Å². The van der Waals surface area contributed by atoms with Crippen molar-refractivity contribution in [2.45, 2.75) is 26.4 Å². The van der Waals surface area contributed by atoms with Gasteiger partial charge in [0.1, 0.15) is 11.6 Å². The Balaban J connectivity index is 2.14. The smallest absolute Gasteiger partial charge is 0.338 e. The molecule has 1 atom stereocenters. The number of methoxy groups -OCH3 is 1. The number of halogens is 1. The normalized spacial score (nSPS) is 11.5. The Bertz CT molecular complexity index is 759. The first-order valence-corrected chi connectivity index (χ1v) is 7.87. The molecule has 0 fully saturated rings. The lowest BCUT2D eigenvalue weighted by Crippen LogP contribution is -2.32. The lowest BCUT2D eigenvalue weighted by atomic mass is 10.1. The Morgan fingerprint density at radius 1 is 1.16 bits per heavy atom. The molecule has 0 heterocycles. The summed E-state index contributed by atoms with van der Waals surface area (Å²) in [4.78, 5) is 24.2. The summed E-state index contributed by atoms with van der Waals surface area (Å²) in [7, 11) is 1.30. The summed E-state index contributed by atoms with van der Waals surface area (Å²) >= 11 is 0. The first-order valence-electron chi connectivity index (χ1n) is 7.87. The van der Waals surface area contributed by atoms with Crippen molar-refractivity contribution in [3.63, 3.8) is 0 Å². The van der Waals surface area contributed by atoms with Gasteiger partial charge in [0.05, 0.1) is 12.7 Å². The zero-order valence-electron chi connectivity index (χ0n) is 14.3. The fraction of sp³-hybridized carbons (Fsp3) is 0.263. The number of carbonyl (C=O) groups is 2. The maximum atomic E-state index is 13.0. The standard InChI is InChI=1S/C19H20FNO4/c1-4-17(25-14-10-8-13(20)9-11-14)18(22)21-16-7-5-6-15(12(16)2)19(23)24-3/h5-11,17H,4H2,1-3H3,(H,21,22)/t17-/m1/s1. The molecule has 6 heteroatoms. The van der Waals surface area contributed by atoms with Crippen LogP contribution in [0.1, 0.15) is 29.3 Å². The molecule has 0 aliphatic heterocycles. The third-order valence-electron chi connectivity index (χ3n) is 3.75. The second-order valence-corrected chi connectivity index (χ2v) is 5.43. The van der Waals surface area contributed by atoms with Gasteiger partial charge in [-0.15, -0.1) is 0 Å². The number of anilines is 1. The van der Waals surface area contributed by atoms with Gasteiger partial charge in [-0.25, -0.2) is 9.18 Å². The second-order valence-electron chi connectivity index (χ2n) is 5.43. The van der Waals surface area contributed by atoms with E-state index in [1.807, 2.05) is 6.92 Å². The molecule has 0 bridgehead atoms. The average Bonchev–Trinajstić information content (AvgIpc) is 2.62. The van der Waals surface area contributed by atoms with Gasteiger partial charge in [0.15, 0.2) is 6.10 Å². The van der Waals surface area contributed by atoms with Crippen molar-refractivity contribution < 1.29 is 23.5 Å². The summed E-state index contributed by atoms with van der Waals surface area (Å²) in [5, 5.41) is 2.77. The number of benzene rings is 2. The second kappa shape index (κ2) is 8.28. The maximum Gasteiger partial charge on any atom is 0.338 e. The molecule has 2 rings (SSSR count). The van der Waals surface area contributed by atoms with Crippen LogP contribution < -0.4 is 10.1 Å². The highest BCUT2D eigenvalue weighted by molar-refractivity contribution is 5.98. The van der Waals surface area contributed by atoms with Gasteiger partial charge in [-0.3, -0.25) is 4.79 Å². The molecule has 5 nitrogen and oxygen atoms in total. The van der Waals surface area contributed by atoms with Crippen LogP contribution in [-0.2, 0) is 9.53 Å². The Morgan fingerprint density at radius 2 is 1.84 bits per heavy atom. The molecule has 0 radical (unpaired) electrons. The lowest BCUT2D eigenvalue weighted by Gasteiger charge is -2.18. The minimum atomic E-state index is -0.744. The van der Waals surface area contributed by atoms with Crippen LogP contribution in [0.25, 0.3) is 0 Å². The van der Waals surface area contributed by atoms with Gasteiger partial charge >= 0.3 is 5.97 Å². The molecule has 0 saturated heterocycles. The molecule has 2 aromatic rings. The predicted octanol–water partition coefficient (Wildman–Crippen LogP) is 3.72. The lowest BCUT2D eigenvalue weighted by molar-refractivity contribution is -0.122. The van der Waals surface area contributed by atoms with Gasteiger partial charge in [0.2, 0.25) is 0 Å². The van der Waals surface area contributed by atoms with Crippen LogP contribution in [0.3, 0.4) is 0 Å². The van der Waals surface area contributed by atoms with Crippen LogP contribution in [0.15, 0.2) is 42.5 Å². The van der Waals surface area contributed by atoms with Crippen molar-refractivity contribution in [3.8, 4) is 5.75 Å². The molecule has 0 unspecified atom stereocenters. The molecular formula is C19H20FNO4. The SMILES string of the molecule is CC[C@@H](Oc1ccc(F)cc1)C(=O)Nc1cccc(C(=O)OC)c1C. The fourth-order valence-electron chi connectivity index (χ4n) is 2.32. The number of nitrogens with one attached hydrogen (secondary N) is 1. The van der Waals surface area contributed by atoms with Gasteiger partial charge in [0, 0.05) is 5.69 Å². The van der Waals surface area contributed by atoms with Crippen molar-refractivity contribution in [1.29, 1.82) is 0 Å². The van der Waals surface area contributed by atoms with Crippen LogP contribution >= 0.6 is 0 Å². The maximum absolute atomic E-state index is 13.0. The fourth-order valence-corrected chi connectivity index (χ4v) is 2.32. The van der Waals surface area contributed by atoms with E-state index in [1.54, 1.807) is 25.1 Å². The molecule has 1 N–H and O–H groups in total. The molecule has 0 spiro atoms. The quantitative estimate of drug-likeness (QED) is 0.811. The molecule has 0 saturated carbocycles. The average molecular weight is 345 g/mol. The number of esters is 1. The number of ether oxygens (including phenoxy) is 2. The third kappa shape index (κ3) is 4.56. The van der Waals surface area contributed by atoms with E-state index >= 15 is 0 Å². The molecule has 1 amide bonds.